The summed E-state index contributed by atoms with van der Waals surface area (Å²) in [4.78, 5) is 12.2. The van der Waals surface area contributed by atoms with E-state index in [4.69, 9.17) is 17.3 Å². The first-order chi connectivity index (χ1) is 9.08. The first-order valence-electron chi connectivity index (χ1n) is 6.29. The number of anilines is 1. The smallest absolute Gasteiger partial charge is 0.233 e. The van der Waals surface area contributed by atoms with Gasteiger partial charge in [0, 0.05) is 11.7 Å². The molecule has 1 aromatic rings. The third kappa shape index (κ3) is 3.70. The molecular weight excluding hydrogens is 284 g/mol. The molecular formula is C13H17ClN2O2S. The predicted octanol–water partition coefficient (Wildman–Crippen LogP) is 2.09. The van der Waals surface area contributed by atoms with Gasteiger partial charge in [-0.05, 0) is 25.0 Å². The second-order valence-corrected chi connectivity index (χ2v) is 6.49. The normalized spacial score (nSPS) is 17.3. The zero-order chi connectivity index (χ0) is 13.8. The lowest BCUT2D eigenvalue weighted by atomic mass is 10.2. The average Bonchev–Trinajstić information content (AvgIpc) is 2.81. The summed E-state index contributed by atoms with van der Waals surface area (Å²) in [7, 11) is -1.51. The van der Waals surface area contributed by atoms with Gasteiger partial charge >= 0.3 is 0 Å². The number of nitrogens with one attached hydrogen (secondary N) is 1. The van der Waals surface area contributed by atoms with Crippen LogP contribution < -0.4 is 11.1 Å². The molecule has 0 heterocycles. The minimum Gasteiger partial charge on any atom is -0.398 e. The zero-order valence-corrected chi connectivity index (χ0v) is 12.1. The minimum absolute atomic E-state index is 0.0928. The Morgan fingerprint density at radius 1 is 1.42 bits per heavy atom. The molecule has 0 spiro atoms. The number of carbonyl (C=O) groups is 1. The van der Waals surface area contributed by atoms with Crippen LogP contribution in [0.4, 0.5) is 5.69 Å². The number of benzene rings is 1. The van der Waals surface area contributed by atoms with E-state index in [9.17, 15) is 9.00 Å². The van der Waals surface area contributed by atoms with Crippen LogP contribution in [-0.2, 0) is 15.6 Å². The minimum atomic E-state index is -1.51. The van der Waals surface area contributed by atoms with Gasteiger partial charge < -0.3 is 11.1 Å². The van der Waals surface area contributed by atoms with Crippen molar-refractivity contribution in [3.63, 3.8) is 0 Å². The van der Waals surface area contributed by atoms with Crippen molar-refractivity contribution in [2.24, 2.45) is 0 Å². The number of nitrogen functional groups attached to an aromatic ring is 1. The molecule has 4 nitrogen and oxygen atoms in total. The number of carbonyl (C=O) groups excluding carboxylic acids is 1. The van der Waals surface area contributed by atoms with Crippen molar-refractivity contribution < 1.29 is 9.00 Å². The number of amides is 1. The Morgan fingerprint density at radius 2 is 2.11 bits per heavy atom. The molecule has 6 heteroatoms. The van der Waals surface area contributed by atoms with E-state index in [1.165, 1.54) is 0 Å². The number of halogens is 1. The van der Waals surface area contributed by atoms with Crippen LogP contribution in [0.3, 0.4) is 0 Å². The molecule has 1 amide bonds. The molecule has 1 unspecified atom stereocenters. The number of rotatable bonds is 4. The summed E-state index contributed by atoms with van der Waals surface area (Å²) in [6.07, 6.45) is 4.30. The maximum absolute atomic E-state index is 12.2. The van der Waals surface area contributed by atoms with E-state index < -0.39 is 10.8 Å². The maximum Gasteiger partial charge on any atom is 0.233 e. The van der Waals surface area contributed by atoms with E-state index >= 15 is 0 Å². The van der Waals surface area contributed by atoms with Gasteiger partial charge in [-0.25, -0.2) is 0 Å². The molecule has 19 heavy (non-hydrogen) atoms. The molecule has 0 radical (unpaired) electrons. The number of nitrogens with two attached hydrogens (primary N) is 1. The Bertz CT molecular complexity index is 481. The summed E-state index contributed by atoms with van der Waals surface area (Å²) < 4.78 is 12.2. The lowest BCUT2D eigenvalue weighted by molar-refractivity contribution is -0.119. The van der Waals surface area contributed by atoms with Gasteiger partial charge in [0.2, 0.25) is 5.91 Å². The van der Waals surface area contributed by atoms with E-state index in [2.05, 4.69) is 5.32 Å². The second-order valence-electron chi connectivity index (χ2n) is 4.70. The Hall–Kier alpha value is -1.07. The highest BCUT2D eigenvalue weighted by Gasteiger charge is 2.20. The average molecular weight is 301 g/mol. The summed E-state index contributed by atoms with van der Waals surface area (Å²) in [5.41, 5.74) is 6.11. The third-order valence-corrected chi connectivity index (χ3v) is 5.07. The highest BCUT2D eigenvalue weighted by atomic mass is 35.5. The van der Waals surface area contributed by atoms with Gasteiger partial charge in [-0.15, -0.1) is 0 Å². The molecule has 0 aliphatic heterocycles. The van der Waals surface area contributed by atoms with Gasteiger partial charge in [-0.3, -0.25) is 9.00 Å². The third-order valence-electron chi connectivity index (χ3n) is 3.21. The van der Waals surface area contributed by atoms with E-state index in [1.54, 1.807) is 18.2 Å². The molecule has 0 aromatic heterocycles. The Balaban J connectivity index is 1.98. The fourth-order valence-electron chi connectivity index (χ4n) is 2.30. The molecule has 3 N–H and O–H groups in total. The van der Waals surface area contributed by atoms with Gasteiger partial charge in [0.1, 0.15) is 5.75 Å². The van der Waals surface area contributed by atoms with Crippen LogP contribution in [0, 0.1) is 0 Å². The van der Waals surface area contributed by atoms with Crippen molar-refractivity contribution in [3.05, 3.63) is 23.2 Å². The van der Waals surface area contributed by atoms with Crippen LogP contribution in [0.5, 0.6) is 0 Å². The van der Waals surface area contributed by atoms with E-state index in [-0.39, 0.29) is 17.7 Å². The van der Waals surface area contributed by atoms with E-state index in [0.29, 0.717) is 15.6 Å². The van der Waals surface area contributed by atoms with E-state index in [1.807, 2.05) is 0 Å². The van der Waals surface area contributed by atoms with E-state index in [0.717, 1.165) is 25.7 Å². The lowest BCUT2D eigenvalue weighted by Gasteiger charge is -2.12. The molecule has 2 rings (SSSR count). The highest BCUT2D eigenvalue weighted by molar-refractivity contribution is 7.86. The first-order valence-corrected chi connectivity index (χ1v) is 7.99. The molecule has 104 valence electrons. The van der Waals surface area contributed by atoms with Crippen LogP contribution in [0.2, 0.25) is 5.02 Å². The number of hydrogen-bond acceptors (Lipinski definition) is 3. The maximum atomic E-state index is 12.2. The molecule has 0 saturated heterocycles. The largest absolute Gasteiger partial charge is 0.398 e. The first kappa shape index (κ1) is 14.3. The van der Waals surface area contributed by atoms with Crippen LogP contribution in [0.25, 0.3) is 0 Å². The van der Waals surface area contributed by atoms with Crippen molar-refractivity contribution in [3.8, 4) is 0 Å². The lowest BCUT2D eigenvalue weighted by Crippen LogP contribution is -2.35. The van der Waals surface area contributed by atoms with Gasteiger partial charge in [-0.1, -0.05) is 30.5 Å². The Labute approximate surface area is 120 Å². The van der Waals surface area contributed by atoms with Gasteiger partial charge in [0.25, 0.3) is 0 Å². The fourth-order valence-corrected chi connectivity index (χ4v) is 3.82. The van der Waals surface area contributed by atoms with Crippen molar-refractivity contribution in [1.82, 2.24) is 5.32 Å². The highest BCUT2D eigenvalue weighted by Crippen LogP contribution is 2.25. The van der Waals surface area contributed by atoms with Crippen molar-refractivity contribution in [1.29, 1.82) is 0 Å². The van der Waals surface area contributed by atoms with Crippen LogP contribution in [0.15, 0.2) is 23.1 Å². The van der Waals surface area contributed by atoms with Crippen molar-refractivity contribution in [2.75, 3.05) is 11.5 Å². The van der Waals surface area contributed by atoms with Gasteiger partial charge in [0.15, 0.2) is 0 Å². The summed E-state index contributed by atoms with van der Waals surface area (Å²) >= 11 is 5.97. The zero-order valence-electron chi connectivity index (χ0n) is 10.5. The molecule has 1 atom stereocenters. The summed E-state index contributed by atoms with van der Waals surface area (Å²) in [5, 5.41) is 3.24. The summed E-state index contributed by atoms with van der Waals surface area (Å²) in [6, 6.07) is 5.18. The van der Waals surface area contributed by atoms with Crippen LogP contribution in [0.1, 0.15) is 25.7 Å². The standard InChI is InChI=1S/C13H17ClN2O2S/c14-10-6-3-7-11(15)13(10)19(18)8-12(17)16-9-4-1-2-5-9/h3,6-7,9H,1-2,4-5,8,15H2,(H,16,17). The SMILES string of the molecule is Nc1cccc(Cl)c1S(=O)CC(=O)NC1CCCC1. The molecule has 1 aliphatic rings. The van der Waals surface area contributed by atoms with Crippen molar-refractivity contribution in [2.45, 2.75) is 36.6 Å². The fraction of sp³-hybridized carbons (Fsp3) is 0.462. The van der Waals surface area contributed by atoms with Crippen LogP contribution in [-0.4, -0.2) is 21.9 Å². The number of hydrogen-bond donors (Lipinski definition) is 2. The molecule has 1 aromatic carbocycles. The Morgan fingerprint density at radius 3 is 2.74 bits per heavy atom. The van der Waals surface area contributed by atoms with Gasteiger partial charge in [0.05, 0.1) is 20.7 Å². The summed E-state index contributed by atoms with van der Waals surface area (Å²) in [6.45, 7) is 0. The molecule has 1 fully saturated rings. The predicted molar refractivity (Wildman–Crippen MR) is 77.5 cm³/mol. The quantitative estimate of drug-likeness (QED) is 0.836. The second kappa shape index (κ2) is 6.39. The molecule has 1 aliphatic carbocycles. The Kier molecular flexibility index (Phi) is 4.82. The van der Waals surface area contributed by atoms with Gasteiger partial charge in [-0.2, -0.15) is 0 Å². The van der Waals surface area contributed by atoms with Crippen LogP contribution >= 0.6 is 11.6 Å². The molecule has 1 saturated carbocycles. The topological polar surface area (TPSA) is 72.2 Å². The molecule has 0 bridgehead atoms. The summed E-state index contributed by atoms with van der Waals surface area (Å²) in [5.74, 6) is -0.297. The van der Waals surface area contributed by atoms with Crippen molar-refractivity contribution >= 4 is 34.0 Å². The monoisotopic (exact) mass is 300 g/mol.